The summed E-state index contributed by atoms with van der Waals surface area (Å²) in [5.74, 6) is -0.782. The van der Waals surface area contributed by atoms with Gasteiger partial charge in [0.15, 0.2) is 0 Å². The number of carbonyl (C=O) groups is 1. The molecule has 2 aromatic heterocycles. The van der Waals surface area contributed by atoms with Crippen LogP contribution in [-0.2, 0) is 21.4 Å². The van der Waals surface area contributed by atoms with Gasteiger partial charge in [0.05, 0.1) is 21.3 Å². The molecule has 0 aliphatic heterocycles. The summed E-state index contributed by atoms with van der Waals surface area (Å²) < 4.78 is 32.1. The number of halogens is 2. The second-order valence-electron chi connectivity index (χ2n) is 6.17. The molecule has 0 radical (unpaired) electrons. The van der Waals surface area contributed by atoms with Crippen LogP contribution in [0, 0.1) is 0 Å². The number of benzene rings is 1. The third kappa shape index (κ3) is 4.43. The number of nitrogens with zero attached hydrogens (tertiary/aromatic N) is 3. The van der Waals surface area contributed by atoms with Gasteiger partial charge in [0.1, 0.15) is 17.1 Å². The number of hydrogen-bond donors (Lipinski definition) is 0. The zero-order valence-corrected chi connectivity index (χ0v) is 17.6. The van der Waals surface area contributed by atoms with Crippen LogP contribution in [0.3, 0.4) is 0 Å². The number of carbonyl (C=O) groups excluding carboxylic acids is 1. The van der Waals surface area contributed by atoms with E-state index in [1.807, 2.05) is 0 Å². The smallest absolute Gasteiger partial charge is 0.338 e. The van der Waals surface area contributed by atoms with Crippen molar-refractivity contribution in [1.82, 2.24) is 13.7 Å². The fraction of sp³-hybridized carbons (Fsp3) is 0.167. The van der Waals surface area contributed by atoms with Gasteiger partial charge in [-0.1, -0.05) is 23.2 Å². The van der Waals surface area contributed by atoms with E-state index in [4.69, 9.17) is 27.9 Å². The minimum absolute atomic E-state index is 0.000817. The maximum absolute atomic E-state index is 12.4. The summed E-state index contributed by atoms with van der Waals surface area (Å²) in [5, 5.41) is 0.366. The fourth-order valence-corrected chi connectivity index (χ4v) is 4.00. The summed E-state index contributed by atoms with van der Waals surface area (Å²) in [6.07, 6.45) is 1.43. The Hall–Kier alpha value is -2.46. The van der Waals surface area contributed by atoms with Gasteiger partial charge >= 0.3 is 5.97 Å². The second-order valence-corrected chi connectivity index (χ2v) is 9.13. The maximum Gasteiger partial charge on any atom is 0.338 e. The van der Waals surface area contributed by atoms with Crippen molar-refractivity contribution in [2.75, 3.05) is 14.1 Å². The lowest BCUT2D eigenvalue weighted by atomic mass is 10.2. The average Bonchev–Trinajstić information content (AvgIpc) is 2.66. The van der Waals surface area contributed by atoms with Crippen LogP contribution in [0.5, 0.6) is 0 Å². The topological polar surface area (TPSA) is 98.0 Å². The van der Waals surface area contributed by atoms with Gasteiger partial charge in [0, 0.05) is 26.4 Å². The molecular weight excluding hydrogens is 441 g/mol. The predicted octanol–water partition coefficient (Wildman–Crippen LogP) is 2.61. The highest BCUT2D eigenvalue weighted by Gasteiger charge is 2.23. The molecule has 0 saturated heterocycles. The molecule has 0 bridgehead atoms. The van der Waals surface area contributed by atoms with Crippen molar-refractivity contribution in [3.8, 4) is 0 Å². The van der Waals surface area contributed by atoms with E-state index in [1.165, 1.54) is 42.9 Å². The molecule has 3 aromatic rings. The van der Waals surface area contributed by atoms with Gasteiger partial charge in [-0.3, -0.25) is 9.20 Å². The minimum atomic E-state index is -3.84. The van der Waals surface area contributed by atoms with Crippen molar-refractivity contribution in [3.63, 3.8) is 0 Å². The molecule has 0 amide bonds. The number of aromatic nitrogens is 2. The largest absolute Gasteiger partial charge is 0.456 e. The van der Waals surface area contributed by atoms with Gasteiger partial charge < -0.3 is 4.74 Å². The van der Waals surface area contributed by atoms with Crippen LogP contribution in [0.15, 0.2) is 52.3 Å². The molecule has 3 rings (SSSR count). The Bertz CT molecular complexity index is 1270. The molecule has 1 aromatic carbocycles. The Labute approximate surface area is 176 Å². The number of fused-ring (bicyclic) bond motifs is 1. The van der Waals surface area contributed by atoms with E-state index in [1.54, 1.807) is 12.1 Å². The fourth-order valence-electron chi connectivity index (χ4n) is 2.45. The van der Waals surface area contributed by atoms with E-state index in [0.717, 1.165) is 10.4 Å². The van der Waals surface area contributed by atoms with Crippen LogP contribution < -0.4 is 5.56 Å². The Morgan fingerprint density at radius 2 is 1.90 bits per heavy atom. The third-order valence-electron chi connectivity index (χ3n) is 3.95. The van der Waals surface area contributed by atoms with Crippen LogP contribution >= 0.6 is 23.2 Å². The van der Waals surface area contributed by atoms with Gasteiger partial charge in [0.25, 0.3) is 5.56 Å². The minimum Gasteiger partial charge on any atom is -0.456 e. The van der Waals surface area contributed by atoms with E-state index >= 15 is 0 Å². The van der Waals surface area contributed by atoms with Crippen molar-refractivity contribution in [2.45, 2.75) is 11.5 Å². The van der Waals surface area contributed by atoms with E-state index in [9.17, 15) is 18.0 Å². The monoisotopic (exact) mass is 455 g/mol. The highest BCUT2D eigenvalue weighted by atomic mass is 35.5. The summed E-state index contributed by atoms with van der Waals surface area (Å²) in [6.45, 7) is -0.272. The van der Waals surface area contributed by atoms with Gasteiger partial charge in [-0.05, 0) is 30.3 Å². The van der Waals surface area contributed by atoms with E-state index in [0.29, 0.717) is 10.7 Å². The molecule has 0 N–H and O–H groups in total. The summed E-state index contributed by atoms with van der Waals surface area (Å²) in [5.41, 5.74) is 0.202. The molecule has 0 spiro atoms. The normalized spacial score (nSPS) is 11.8. The maximum atomic E-state index is 12.4. The summed E-state index contributed by atoms with van der Waals surface area (Å²) in [6, 6.07) is 8.17. The molecule has 29 heavy (non-hydrogen) atoms. The zero-order chi connectivity index (χ0) is 21.3. The number of hydrogen-bond acceptors (Lipinski definition) is 6. The molecule has 152 valence electrons. The molecule has 0 unspecified atom stereocenters. The van der Waals surface area contributed by atoms with Crippen LogP contribution in [0.25, 0.3) is 5.65 Å². The summed E-state index contributed by atoms with van der Waals surface area (Å²) in [7, 11) is -1.13. The molecule has 0 saturated carbocycles. The first-order valence-corrected chi connectivity index (χ1v) is 10.4. The van der Waals surface area contributed by atoms with E-state index < -0.39 is 16.0 Å². The number of rotatable bonds is 5. The molecule has 11 heteroatoms. The van der Waals surface area contributed by atoms with Crippen molar-refractivity contribution in [3.05, 3.63) is 74.3 Å². The lowest BCUT2D eigenvalue weighted by molar-refractivity contribution is 0.0467. The first-order chi connectivity index (χ1) is 13.6. The zero-order valence-electron chi connectivity index (χ0n) is 15.3. The van der Waals surface area contributed by atoms with Crippen LogP contribution in [0.4, 0.5) is 0 Å². The van der Waals surface area contributed by atoms with Gasteiger partial charge in [0.2, 0.25) is 10.0 Å². The molecule has 0 atom stereocenters. The Balaban J connectivity index is 1.84. The first-order valence-electron chi connectivity index (χ1n) is 8.16. The Kier molecular flexibility index (Phi) is 5.95. The van der Waals surface area contributed by atoms with Gasteiger partial charge in [-0.2, -0.15) is 0 Å². The van der Waals surface area contributed by atoms with Crippen molar-refractivity contribution < 1.29 is 17.9 Å². The lowest BCUT2D eigenvalue weighted by Gasteiger charge is -2.13. The summed E-state index contributed by atoms with van der Waals surface area (Å²) >= 11 is 11.8. The highest BCUT2D eigenvalue weighted by Crippen LogP contribution is 2.25. The van der Waals surface area contributed by atoms with Crippen molar-refractivity contribution in [1.29, 1.82) is 0 Å². The van der Waals surface area contributed by atoms with Crippen LogP contribution in [0.1, 0.15) is 16.1 Å². The van der Waals surface area contributed by atoms with Gasteiger partial charge in [-0.15, -0.1) is 0 Å². The number of ether oxygens (including phenoxy) is 1. The molecule has 0 fully saturated rings. The molecule has 2 heterocycles. The lowest BCUT2D eigenvalue weighted by Crippen LogP contribution is -2.23. The average molecular weight is 456 g/mol. The highest BCUT2D eigenvalue weighted by molar-refractivity contribution is 7.89. The standard InChI is InChI=1S/C18H15Cl2N3O5S/c1-22(2)29(26,27)15-7-11(3-5-14(15)20)18(25)28-10-13-8-17(24)23-9-12(19)4-6-16(23)21-13/h3-9H,10H2,1-2H3. The van der Waals surface area contributed by atoms with E-state index in [-0.39, 0.29) is 33.3 Å². The Morgan fingerprint density at radius 1 is 1.17 bits per heavy atom. The molecule has 0 aliphatic rings. The number of esters is 1. The first kappa shape index (κ1) is 21.3. The molecule has 8 nitrogen and oxygen atoms in total. The molecule has 0 aliphatic carbocycles. The molecular formula is C18H15Cl2N3O5S. The quantitative estimate of drug-likeness (QED) is 0.548. The SMILES string of the molecule is CN(C)S(=O)(=O)c1cc(C(=O)OCc2cc(=O)n3cc(Cl)ccc3n2)ccc1Cl. The predicted molar refractivity (Wildman–Crippen MR) is 108 cm³/mol. The Morgan fingerprint density at radius 3 is 2.59 bits per heavy atom. The van der Waals surface area contributed by atoms with Crippen molar-refractivity contribution in [2.24, 2.45) is 0 Å². The second kappa shape index (κ2) is 8.11. The third-order valence-corrected chi connectivity index (χ3v) is 6.47. The van der Waals surface area contributed by atoms with Crippen molar-refractivity contribution >= 4 is 44.8 Å². The van der Waals surface area contributed by atoms with E-state index in [2.05, 4.69) is 4.98 Å². The van der Waals surface area contributed by atoms with Gasteiger partial charge in [-0.25, -0.2) is 22.5 Å². The summed E-state index contributed by atoms with van der Waals surface area (Å²) in [4.78, 5) is 28.6. The van der Waals surface area contributed by atoms with Crippen LogP contribution in [-0.4, -0.2) is 42.2 Å². The van der Waals surface area contributed by atoms with Crippen LogP contribution in [0.2, 0.25) is 10.0 Å². The number of sulfonamides is 1. The number of pyridine rings is 1.